The Morgan fingerprint density at radius 1 is 1.14 bits per heavy atom. The third-order valence-corrected chi connectivity index (χ3v) is 3.11. The van der Waals surface area contributed by atoms with Gasteiger partial charge in [0.25, 0.3) is 0 Å². The number of hydrogen-bond acceptors (Lipinski definition) is 6. The Kier molecular flexibility index (Phi) is 5.74. The normalized spacial score (nSPS) is 11.0. The zero-order chi connectivity index (χ0) is 15.1. The molecule has 1 aromatic carbocycles. The van der Waals surface area contributed by atoms with Crippen molar-refractivity contribution in [2.45, 2.75) is 6.54 Å². The zero-order valence-corrected chi connectivity index (χ0v) is 12.0. The van der Waals surface area contributed by atoms with Crippen LogP contribution in [0.2, 0.25) is 0 Å². The van der Waals surface area contributed by atoms with Gasteiger partial charge in [0.2, 0.25) is 5.89 Å². The fourth-order valence-electron chi connectivity index (χ4n) is 2.03. The molecule has 1 heterocycles. The molecular formula is C15H20N2O4. The van der Waals surface area contributed by atoms with Gasteiger partial charge < -0.3 is 19.4 Å². The average molecular weight is 292 g/mol. The van der Waals surface area contributed by atoms with E-state index in [4.69, 9.17) is 19.4 Å². The number of aromatic nitrogens is 1. The summed E-state index contributed by atoms with van der Waals surface area (Å²) < 4.78 is 10.6. The minimum atomic E-state index is 0.0448. The molecule has 2 aromatic rings. The molecule has 0 bridgehead atoms. The van der Waals surface area contributed by atoms with E-state index in [1.165, 1.54) is 0 Å². The van der Waals surface area contributed by atoms with Crippen LogP contribution < -0.4 is 4.74 Å². The molecule has 0 aliphatic rings. The molecule has 2 rings (SSSR count). The summed E-state index contributed by atoms with van der Waals surface area (Å²) in [7, 11) is 1.62. The van der Waals surface area contributed by atoms with E-state index in [9.17, 15) is 0 Å². The van der Waals surface area contributed by atoms with E-state index in [2.05, 4.69) is 4.98 Å². The van der Waals surface area contributed by atoms with Crippen molar-refractivity contribution in [1.82, 2.24) is 9.88 Å². The Morgan fingerprint density at radius 3 is 2.38 bits per heavy atom. The van der Waals surface area contributed by atoms with Gasteiger partial charge in [-0.2, -0.15) is 0 Å². The smallest absolute Gasteiger partial charge is 0.226 e. The van der Waals surface area contributed by atoms with Crippen LogP contribution >= 0.6 is 0 Å². The summed E-state index contributed by atoms with van der Waals surface area (Å²) in [5.74, 6) is 1.32. The predicted molar refractivity (Wildman–Crippen MR) is 77.9 cm³/mol. The molecular weight excluding hydrogens is 272 g/mol. The Morgan fingerprint density at radius 2 is 1.81 bits per heavy atom. The second-order valence-electron chi connectivity index (χ2n) is 4.60. The van der Waals surface area contributed by atoms with Gasteiger partial charge in [-0.05, 0) is 24.3 Å². The van der Waals surface area contributed by atoms with Crippen molar-refractivity contribution in [3.8, 4) is 17.2 Å². The lowest BCUT2D eigenvalue weighted by molar-refractivity contribution is 0.154. The van der Waals surface area contributed by atoms with E-state index in [0.29, 0.717) is 25.5 Å². The lowest BCUT2D eigenvalue weighted by atomic mass is 10.2. The molecule has 0 aliphatic heterocycles. The number of oxazole rings is 1. The fourth-order valence-corrected chi connectivity index (χ4v) is 2.03. The highest BCUT2D eigenvalue weighted by Gasteiger charge is 2.11. The first kappa shape index (κ1) is 15.5. The second kappa shape index (κ2) is 7.78. The van der Waals surface area contributed by atoms with Crippen LogP contribution in [0.3, 0.4) is 0 Å². The minimum Gasteiger partial charge on any atom is -0.497 e. The van der Waals surface area contributed by atoms with Crippen LogP contribution in [0.15, 0.2) is 34.9 Å². The molecule has 0 aliphatic carbocycles. The van der Waals surface area contributed by atoms with Gasteiger partial charge >= 0.3 is 0 Å². The van der Waals surface area contributed by atoms with Gasteiger partial charge in [-0.3, -0.25) is 4.90 Å². The summed E-state index contributed by atoms with van der Waals surface area (Å²) in [6.07, 6.45) is 1.60. The number of ether oxygens (including phenoxy) is 1. The van der Waals surface area contributed by atoms with E-state index in [0.717, 1.165) is 17.0 Å². The molecule has 0 unspecified atom stereocenters. The summed E-state index contributed by atoms with van der Waals surface area (Å²) in [6, 6.07) is 7.47. The molecule has 1 aromatic heterocycles. The summed E-state index contributed by atoms with van der Waals surface area (Å²) in [5.41, 5.74) is 1.64. The molecule has 0 amide bonds. The Balaban J connectivity index is 2.05. The van der Waals surface area contributed by atoms with E-state index in [1.54, 1.807) is 13.4 Å². The molecule has 0 atom stereocenters. The number of methoxy groups -OCH3 is 1. The van der Waals surface area contributed by atoms with Gasteiger partial charge in [0.05, 0.1) is 26.0 Å². The number of aliphatic hydroxyl groups is 2. The van der Waals surface area contributed by atoms with E-state index < -0.39 is 0 Å². The molecule has 114 valence electrons. The topological polar surface area (TPSA) is 79.0 Å². The summed E-state index contributed by atoms with van der Waals surface area (Å²) in [6.45, 7) is 1.60. The molecule has 6 heteroatoms. The van der Waals surface area contributed by atoms with Crippen LogP contribution in [0, 0.1) is 0 Å². The molecule has 0 fully saturated rings. The molecule has 0 saturated heterocycles. The highest BCUT2D eigenvalue weighted by atomic mass is 16.5. The first-order valence-corrected chi connectivity index (χ1v) is 6.79. The summed E-state index contributed by atoms with van der Waals surface area (Å²) in [5, 5.41) is 18.0. The Labute approximate surface area is 123 Å². The third kappa shape index (κ3) is 4.29. The molecule has 6 nitrogen and oxygen atoms in total. The lowest BCUT2D eigenvalue weighted by Crippen LogP contribution is -2.29. The van der Waals surface area contributed by atoms with Crippen LogP contribution in [-0.4, -0.2) is 53.5 Å². The van der Waals surface area contributed by atoms with Crippen molar-refractivity contribution in [1.29, 1.82) is 0 Å². The van der Waals surface area contributed by atoms with Crippen molar-refractivity contribution in [3.05, 3.63) is 36.2 Å². The number of benzene rings is 1. The molecule has 21 heavy (non-hydrogen) atoms. The SMILES string of the molecule is COc1ccc(-c2nc(CN(CCO)CCO)co2)cc1. The Hall–Kier alpha value is -1.89. The van der Waals surface area contributed by atoms with Gasteiger partial charge in [-0.25, -0.2) is 4.98 Å². The van der Waals surface area contributed by atoms with Crippen LogP contribution in [0.1, 0.15) is 5.69 Å². The number of hydrogen-bond donors (Lipinski definition) is 2. The maximum absolute atomic E-state index is 8.99. The third-order valence-electron chi connectivity index (χ3n) is 3.11. The van der Waals surface area contributed by atoms with E-state index >= 15 is 0 Å². The molecule has 0 spiro atoms. The predicted octanol–water partition coefficient (Wildman–Crippen LogP) is 1.14. The van der Waals surface area contributed by atoms with Crippen LogP contribution in [0.25, 0.3) is 11.5 Å². The van der Waals surface area contributed by atoms with Crippen molar-refractivity contribution < 1.29 is 19.4 Å². The van der Waals surface area contributed by atoms with Gasteiger partial charge in [-0.1, -0.05) is 0 Å². The number of rotatable bonds is 8. The van der Waals surface area contributed by atoms with Crippen molar-refractivity contribution >= 4 is 0 Å². The highest BCUT2D eigenvalue weighted by molar-refractivity contribution is 5.54. The quantitative estimate of drug-likeness (QED) is 0.759. The van der Waals surface area contributed by atoms with Crippen LogP contribution in [-0.2, 0) is 6.54 Å². The second-order valence-corrected chi connectivity index (χ2v) is 4.60. The van der Waals surface area contributed by atoms with E-state index in [-0.39, 0.29) is 13.2 Å². The monoisotopic (exact) mass is 292 g/mol. The lowest BCUT2D eigenvalue weighted by Gasteiger charge is -2.18. The fraction of sp³-hybridized carbons (Fsp3) is 0.400. The average Bonchev–Trinajstić information content (AvgIpc) is 2.96. The first-order valence-electron chi connectivity index (χ1n) is 6.79. The van der Waals surface area contributed by atoms with Gasteiger partial charge in [0, 0.05) is 25.2 Å². The van der Waals surface area contributed by atoms with Gasteiger partial charge in [-0.15, -0.1) is 0 Å². The maximum atomic E-state index is 8.99. The molecule has 0 saturated carbocycles. The number of aliphatic hydroxyl groups excluding tert-OH is 2. The van der Waals surface area contributed by atoms with Crippen molar-refractivity contribution in [2.24, 2.45) is 0 Å². The van der Waals surface area contributed by atoms with Crippen LogP contribution in [0.4, 0.5) is 0 Å². The standard InChI is InChI=1S/C15H20N2O4/c1-20-14-4-2-12(3-5-14)15-16-13(11-21-15)10-17(6-8-18)7-9-19/h2-5,11,18-19H,6-10H2,1H3. The summed E-state index contributed by atoms with van der Waals surface area (Å²) >= 11 is 0. The minimum absolute atomic E-state index is 0.0448. The molecule has 0 radical (unpaired) electrons. The Bertz CT molecular complexity index is 533. The maximum Gasteiger partial charge on any atom is 0.226 e. The van der Waals surface area contributed by atoms with Gasteiger partial charge in [0.1, 0.15) is 12.0 Å². The van der Waals surface area contributed by atoms with Gasteiger partial charge in [0.15, 0.2) is 0 Å². The van der Waals surface area contributed by atoms with E-state index in [1.807, 2.05) is 29.2 Å². The van der Waals surface area contributed by atoms with Crippen molar-refractivity contribution in [3.63, 3.8) is 0 Å². The zero-order valence-electron chi connectivity index (χ0n) is 12.0. The molecule has 2 N–H and O–H groups in total. The number of nitrogens with zero attached hydrogens (tertiary/aromatic N) is 2. The van der Waals surface area contributed by atoms with Crippen LogP contribution in [0.5, 0.6) is 5.75 Å². The first-order chi connectivity index (χ1) is 10.3. The van der Waals surface area contributed by atoms with Crippen molar-refractivity contribution in [2.75, 3.05) is 33.4 Å². The largest absolute Gasteiger partial charge is 0.497 e. The highest BCUT2D eigenvalue weighted by Crippen LogP contribution is 2.22. The summed E-state index contributed by atoms with van der Waals surface area (Å²) in [4.78, 5) is 6.34.